The van der Waals surface area contributed by atoms with E-state index in [1.807, 2.05) is 6.07 Å². The number of rotatable bonds is 10. The molecule has 7 nitrogen and oxygen atoms in total. The van der Waals surface area contributed by atoms with Crippen molar-refractivity contribution in [2.24, 2.45) is 4.99 Å². The summed E-state index contributed by atoms with van der Waals surface area (Å²) in [4.78, 5) is 9.77. The summed E-state index contributed by atoms with van der Waals surface area (Å²) in [6, 6.07) is 6.44. The van der Waals surface area contributed by atoms with Crippen molar-refractivity contribution in [1.82, 2.24) is 15.5 Å². The molecule has 0 bridgehead atoms. The fourth-order valence-corrected chi connectivity index (χ4v) is 4.25. The van der Waals surface area contributed by atoms with Crippen LogP contribution in [0, 0.1) is 0 Å². The zero-order valence-corrected chi connectivity index (χ0v) is 19.0. The summed E-state index contributed by atoms with van der Waals surface area (Å²) in [7, 11) is 3.38. The largest absolute Gasteiger partial charge is 0.497 e. The summed E-state index contributed by atoms with van der Waals surface area (Å²) in [5.41, 5.74) is 1.14. The van der Waals surface area contributed by atoms with Crippen molar-refractivity contribution in [3.05, 3.63) is 18.2 Å². The third kappa shape index (κ3) is 6.69. The number of benzene rings is 1. The SMILES string of the molecule is CCNC(=NCCCCN1CCCC1)NC1CCN(c2cc(OC)cc(OC)c2)C1. The summed E-state index contributed by atoms with van der Waals surface area (Å²) < 4.78 is 10.8. The minimum absolute atomic E-state index is 0.379. The molecule has 1 unspecified atom stereocenters. The van der Waals surface area contributed by atoms with Crippen LogP contribution in [-0.4, -0.2) is 76.9 Å². The molecule has 2 N–H and O–H groups in total. The van der Waals surface area contributed by atoms with Gasteiger partial charge in [0.05, 0.1) is 14.2 Å². The predicted octanol–water partition coefficient (Wildman–Crippen LogP) is 2.71. The van der Waals surface area contributed by atoms with Crippen molar-refractivity contribution < 1.29 is 9.47 Å². The number of aliphatic imine (C=N–C) groups is 1. The second-order valence-corrected chi connectivity index (χ2v) is 8.16. The summed E-state index contributed by atoms with van der Waals surface area (Å²) >= 11 is 0. The van der Waals surface area contributed by atoms with Gasteiger partial charge in [0.25, 0.3) is 0 Å². The highest BCUT2D eigenvalue weighted by molar-refractivity contribution is 5.80. The Morgan fingerprint density at radius 2 is 1.80 bits per heavy atom. The van der Waals surface area contributed by atoms with Gasteiger partial charge in [-0.25, -0.2) is 0 Å². The number of nitrogens with one attached hydrogen (secondary N) is 2. The lowest BCUT2D eigenvalue weighted by Crippen LogP contribution is -2.44. The molecule has 0 spiro atoms. The van der Waals surface area contributed by atoms with E-state index in [1.165, 1.54) is 38.9 Å². The number of unbranched alkanes of at least 4 members (excludes halogenated alkanes) is 1. The van der Waals surface area contributed by atoms with Gasteiger partial charge in [0, 0.05) is 56.1 Å². The molecule has 0 radical (unpaired) electrons. The molecule has 2 heterocycles. The van der Waals surface area contributed by atoms with E-state index in [1.54, 1.807) is 14.2 Å². The Hall–Kier alpha value is -2.15. The Kier molecular flexibility index (Phi) is 8.93. The van der Waals surface area contributed by atoms with Crippen LogP contribution in [0.2, 0.25) is 0 Å². The van der Waals surface area contributed by atoms with Crippen LogP contribution in [0.4, 0.5) is 5.69 Å². The third-order valence-electron chi connectivity index (χ3n) is 5.93. The van der Waals surface area contributed by atoms with Crippen LogP contribution < -0.4 is 25.0 Å². The second-order valence-electron chi connectivity index (χ2n) is 8.16. The zero-order valence-electron chi connectivity index (χ0n) is 19.0. The van der Waals surface area contributed by atoms with E-state index in [0.717, 1.165) is 62.2 Å². The molecule has 2 aliphatic rings. The number of methoxy groups -OCH3 is 2. The lowest BCUT2D eigenvalue weighted by molar-refractivity contribution is 0.331. The molecule has 3 rings (SSSR count). The fourth-order valence-electron chi connectivity index (χ4n) is 4.25. The first-order chi connectivity index (χ1) is 14.7. The molecule has 168 valence electrons. The van der Waals surface area contributed by atoms with Gasteiger partial charge in [-0.1, -0.05) is 0 Å². The van der Waals surface area contributed by atoms with Crippen LogP contribution in [-0.2, 0) is 0 Å². The molecule has 0 saturated carbocycles. The molecule has 0 aliphatic carbocycles. The maximum absolute atomic E-state index is 5.42. The van der Waals surface area contributed by atoms with E-state index in [4.69, 9.17) is 14.5 Å². The Balaban J connectivity index is 1.47. The van der Waals surface area contributed by atoms with Gasteiger partial charge in [0.1, 0.15) is 11.5 Å². The van der Waals surface area contributed by atoms with Crippen LogP contribution in [0.5, 0.6) is 11.5 Å². The zero-order chi connectivity index (χ0) is 21.2. The normalized spacial score (nSPS) is 19.9. The van der Waals surface area contributed by atoms with Crippen molar-refractivity contribution in [2.75, 3.05) is 64.9 Å². The molecule has 7 heteroatoms. The summed E-state index contributed by atoms with van der Waals surface area (Å²) in [6.07, 6.45) is 6.20. The van der Waals surface area contributed by atoms with Gasteiger partial charge in [0.2, 0.25) is 0 Å². The first-order valence-corrected chi connectivity index (χ1v) is 11.5. The highest BCUT2D eigenvalue weighted by Crippen LogP contribution is 2.30. The van der Waals surface area contributed by atoms with E-state index < -0.39 is 0 Å². The molecule has 30 heavy (non-hydrogen) atoms. The summed E-state index contributed by atoms with van der Waals surface area (Å²) in [5.74, 6) is 2.59. The lowest BCUT2D eigenvalue weighted by atomic mass is 10.2. The van der Waals surface area contributed by atoms with Crippen molar-refractivity contribution in [2.45, 2.75) is 45.1 Å². The molecule has 2 saturated heterocycles. The number of likely N-dealkylation sites (tertiary alicyclic amines) is 1. The van der Waals surface area contributed by atoms with Crippen LogP contribution in [0.15, 0.2) is 23.2 Å². The molecule has 0 aromatic heterocycles. The van der Waals surface area contributed by atoms with Crippen LogP contribution in [0.3, 0.4) is 0 Å². The second kappa shape index (κ2) is 11.9. The van der Waals surface area contributed by atoms with Crippen molar-refractivity contribution in [3.63, 3.8) is 0 Å². The summed E-state index contributed by atoms with van der Waals surface area (Å²) in [5, 5.41) is 7.03. The predicted molar refractivity (Wildman–Crippen MR) is 124 cm³/mol. The van der Waals surface area contributed by atoms with Crippen molar-refractivity contribution in [3.8, 4) is 11.5 Å². The maximum atomic E-state index is 5.42. The minimum Gasteiger partial charge on any atom is -0.497 e. The smallest absolute Gasteiger partial charge is 0.191 e. The number of nitrogens with zero attached hydrogens (tertiary/aromatic N) is 3. The number of anilines is 1. The van der Waals surface area contributed by atoms with Gasteiger partial charge >= 0.3 is 0 Å². The first kappa shape index (κ1) is 22.5. The minimum atomic E-state index is 0.379. The maximum Gasteiger partial charge on any atom is 0.191 e. The van der Waals surface area contributed by atoms with Crippen LogP contribution >= 0.6 is 0 Å². The van der Waals surface area contributed by atoms with E-state index in [0.29, 0.717) is 6.04 Å². The van der Waals surface area contributed by atoms with E-state index in [2.05, 4.69) is 39.5 Å². The number of ether oxygens (including phenoxy) is 2. The standard InChI is InChI=1S/C23H39N5O2/c1-4-24-23(25-10-5-6-11-27-12-7-8-13-27)26-19-9-14-28(18-19)20-15-21(29-2)17-22(16-20)30-3/h15-17,19H,4-14,18H2,1-3H3,(H2,24,25,26). The van der Waals surface area contributed by atoms with Gasteiger partial charge in [0.15, 0.2) is 5.96 Å². The van der Waals surface area contributed by atoms with E-state index in [-0.39, 0.29) is 0 Å². The Morgan fingerprint density at radius 3 is 2.47 bits per heavy atom. The number of hydrogen-bond donors (Lipinski definition) is 2. The van der Waals surface area contributed by atoms with Crippen LogP contribution in [0.25, 0.3) is 0 Å². The molecular weight excluding hydrogens is 378 g/mol. The van der Waals surface area contributed by atoms with Gasteiger partial charge < -0.3 is 29.9 Å². The van der Waals surface area contributed by atoms with Crippen molar-refractivity contribution in [1.29, 1.82) is 0 Å². The van der Waals surface area contributed by atoms with Gasteiger partial charge in [-0.15, -0.1) is 0 Å². The van der Waals surface area contributed by atoms with Gasteiger partial charge in [-0.3, -0.25) is 4.99 Å². The topological polar surface area (TPSA) is 61.4 Å². The number of hydrogen-bond acceptors (Lipinski definition) is 5. The average molecular weight is 418 g/mol. The third-order valence-corrected chi connectivity index (χ3v) is 5.93. The fraction of sp³-hybridized carbons (Fsp3) is 0.696. The molecule has 2 aliphatic heterocycles. The van der Waals surface area contributed by atoms with Crippen LogP contribution in [0.1, 0.15) is 39.0 Å². The lowest BCUT2D eigenvalue weighted by Gasteiger charge is -2.21. The van der Waals surface area contributed by atoms with E-state index in [9.17, 15) is 0 Å². The van der Waals surface area contributed by atoms with E-state index >= 15 is 0 Å². The monoisotopic (exact) mass is 417 g/mol. The average Bonchev–Trinajstić information content (AvgIpc) is 3.45. The highest BCUT2D eigenvalue weighted by atomic mass is 16.5. The molecule has 1 aromatic carbocycles. The first-order valence-electron chi connectivity index (χ1n) is 11.5. The molecular formula is C23H39N5O2. The Morgan fingerprint density at radius 1 is 1.07 bits per heavy atom. The summed E-state index contributed by atoms with van der Waals surface area (Å²) in [6.45, 7) is 9.61. The molecule has 1 atom stereocenters. The molecule has 1 aromatic rings. The van der Waals surface area contributed by atoms with Gasteiger partial charge in [-0.05, 0) is 58.7 Å². The van der Waals surface area contributed by atoms with Gasteiger partial charge in [-0.2, -0.15) is 0 Å². The highest BCUT2D eigenvalue weighted by Gasteiger charge is 2.24. The van der Waals surface area contributed by atoms with Crippen molar-refractivity contribution >= 4 is 11.6 Å². The molecule has 0 amide bonds. The Labute approximate surface area is 181 Å². The Bertz CT molecular complexity index is 653. The quantitative estimate of drug-likeness (QED) is 0.347. The molecule has 2 fully saturated rings. The number of guanidine groups is 1.